The van der Waals surface area contributed by atoms with Gasteiger partial charge in [-0.2, -0.15) is 0 Å². The van der Waals surface area contributed by atoms with E-state index in [0.717, 1.165) is 9.79 Å². The Kier molecular flexibility index (Phi) is 5.73. The number of benzene rings is 3. The molecule has 0 aromatic heterocycles. The number of nitrogens with zero attached hydrogens (tertiary/aromatic N) is 1. The molecule has 3 aromatic carbocycles. The summed E-state index contributed by atoms with van der Waals surface area (Å²) in [4.78, 5) is 40.9. The van der Waals surface area contributed by atoms with Crippen LogP contribution in [0.1, 0.15) is 20.7 Å². The van der Waals surface area contributed by atoms with Crippen LogP contribution in [0.3, 0.4) is 0 Å². The van der Waals surface area contributed by atoms with E-state index in [4.69, 9.17) is 4.74 Å². The summed E-state index contributed by atoms with van der Waals surface area (Å²) in [5, 5.41) is 2.66. The molecule has 0 saturated heterocycles. The van der Waals surface area contributed by atoms with Crippen LogP contribution in [0.4, 0.5) is 15.8 Å². The summed E-state index contributed by atoms with van der Waals surface area (Å²) in [7, 11) is 1.28. The molecule has 156 valence electrons. The number of fused-ring (bicyclic) bond motifs is 2. The number of hydrogen-bond donors (Lipinski definition) is 1. The lowest BCUT2D eigenvalue weighted by molar-refractivity contribution is -0.114. The molecule has 1 N–H and O–H groups in total. The molecule has 0 fully saturated rings. The second-order valence-electron chi connectivity index (χ2n) is 6.72. The molecule has 2 amide bonds. The lowest BCUT2D eigenvalue weighted by Gasteiger charge is -2.23. The first-order valence-corrected chi connectivity index (χ1v) is 10.1. The number of methoxy groups -OCH3 is 1. The van der Waals surface area contributed by atoms with Gasteiger partial charge in [-0.15, -0.1) is 0 Å². The number of amides is 2. The van der Waals surface area contributed by atoms with E-state index in [1.54, 1.807) is 30.3 Å². The van der Waals surface area contributed by atoms with E-state index in [1.807, 2.05) is 12.1 Å². The third-order valence-electron chi connectivity index (χ3n) is 4.68. The van der Waals surface area contributed by atoms with Crippen molar-refractivity contribution in [2.24, 2.45) is 0 Å². The molecule has 0 bridgehead atoms. The van der Waals surface area contributed by atoms with Gasteiger partial charge in [-0.05, 0) is 54.6 Å². The van der Waals surface area contributed by atoms with Crippen LogP contribution in [0.2, 0.25) is 0 Å². The first kappa shape index (κ1) is 20.6. The van der Waals surface area contributed by atoms with E-state index in [2.05, 4.69) is 5.32 Å². The highest BCUT2D eigenvalue weighted by molar-refractivity contribution is 7.99. The van der Waals surface area contributed by atoms with Crippen molar-refractivity contribution in [3.8, 4) is 0 Å². The Labute approximate surface area is 182 Å². The van der Waals surface area contributed by atoms with E-state index in [1.165, 1.54) is 48.0 Å². The summed E-state index contributed by atoms with van der Waals surface area (Å²) in [6.07, 6.45) is 0. The van der Waals surface area contributed by atoms with Crippen LogP contribution in [0.15, 0.2) is 76.5 Å². The first-order chi connectivity index (χ1) is 15.0. The molecule has 0 saturated carbocycles. The number of carbonyl (C=O) groups excluding carboxylic acids is 3. The minimum atomic E-state index is -0.544. The molecule has 0 aliphatic carbocycles. The van der Waals surface area contributed by atoms with Crippen LogP contribution in [0, 0.1) is 5.82 Å². The fourth-order valence-electron chi connectivity index (χ4n) is 3.20. The van der Waals surface area contributed by atoms with Gasteiger partial charge in [-0.3, -0.25) is 14.5 Å². The molecule has 0 radical (unpaired) electrons. The van der Waals surface area contributed by atoms with Crippen molar-refractivity contribution >= 4 is 40.9 Å². The number of esters is 1. The van der Waals surface area contributed by atoms with Crippen molar-refractivity contribution in [3.63, 3.8) is 0 Å². The van der Waals surface area contributed by atoms with Crippen molar-refractivity contribution in [1.29, 1.82) is 0 Å². The monoisotopic (exact) mass is 436 g/mol. The molecule has 1 aliphatic heterocycles. The van der Waals surface area contributed by atoms with Gasteiger partial charge in [-0.1, -0.05) is 23.9 Å². The van der Waals surface area contributed by atoms with Crippen LogP contribution in [0.25, 0.3) is 0 Å². The smallest absolute Gasteiger partial charge is 0.337 e. The molecular weight excluding hydrogens is 419 g/mol. The summed E-state index contributed by atoms with van der Waals surface area (Å²) >= 11 is 1.38. The Morgan fingerprint density at radius 2 is 1.77 bits per heavy atom. The van der Waals surface area contributed by atoms with Gasteiger partial charge in [0.25, 0.3) is 5.91 Å². The van der Waals surface area contributed by atoms with Crippen LogP contribution >= 0.6 is 11.8 Å². The highest BCUT2D eigenvalue weighted by Crippen LogP contribution is 2.41. The Morgan fingerprint density at radius 3 is 2.52 bits per heavy atom. The standard InChI is InChI=1S/C23H17FN2O4S/c1-30-23(29)14-6-11-20-18(12-14)26(22(28)17-4-2-3-5-19(17)31-20)13-21(27)25-16-9-7-15(24)8-10-16/h2-12H,13H2,1H3,(H,25,27). The van der Waals surface area contributed by atoms with Crippen molar-refractivity contribution in [2.75, 3.05) is 23.9 Å². The van der Waals surface area contributed by atoms with Gasteiger partial charge in [0.05, 0.1) is 23.9 Å². The summed E-state index contributed by atoms with van der Waals surface area (Å²) in [6, 6.07) is 17.3. The minimum Gasteiger partial charge on any atom is -0.465 e. The van der Waals surface area contributed by atoms with Gasteiger partial charge in [0, 0.05) is 15.5 Å². The molecule has 1 heterocycles. The molecule has 6 nitrogen and oxygen atoms in total. The van der Waals surface area contributed by atoms with Crippen LogP contribution < -0.4 is 10.2 Å². The predicted molar refractivity (Wildman–Crippen MR) is 115 cm³/mol. The molecule has 1 aliphatic rings. The lowest BCUT2D eigenvalue weighted by Crippen LogP contribution is -2.38. The maximum Gasteiger partial charge on any atom is 0.337 e. The molecular formula is C23H17FN2O4S. The van der Waals surface area contributed by atoms with Crippen molar-refractivity contribution in [1.82, 2.24) is 0 Å². The van der Waals surface area contributed by atoms with Gasteiger partial charge in [-0.25, -0.2) is 9.18 Å². The number of hydrogen-bond acceptors (Lipinski definition) is 5. The Morgan fingerprint density at radius 1 is 1.03 bits per heavy atom. The summed E-state index contributed by atoms with van der Waals surface area (Å²) < 4.78 is 17.9. The third kappa shape index (κ3) is 4.29. The maximum absolute atomic E-state index is 13.3. The number of carbonyl (C=O) groups is 3. The van der Waals surface area contributed by atoms with Gasteiger partial charge >= 0.3 is 5.97 Å². The zero-order valence-electron chi connectivity index (χ0n) is 16.4. The first-order valence-electron chi connectivity index (χ1n) is 9.33. The molecule has 4 rings (SSSR count). The topological polar surface area (TPSA) is 75.7 Å². The van der Waals surface area contributed by atoms with E-state index < -0.39 is 17.7 Å². The zero-order chi connectivity index (χ0) is 22.0. The lowest BCUT2D eigenvalue weighted by atomic mass is 10.1. The molecule has 31 heavy (non-hydrogen) atoms. The second kappa shape index (κ2) is 8.61. The van der Waals surface area contributed by atoms with Crippen molar-refractivity contribution in [2.45, 2.75) is 9.79 Å². The van der Waals surface area contributed by atoms with Crippen LogP contribution in [-0.2, 0) is 9.53 Å². The van der Waals surface area contributed by atoms with Gasteiger partial charge in [0.1, 0.15) is 12.4 Å². The van der Waals surface area contributed by atoms with E-state index in [9.17, 15) is 18.8 Å². The number of ether oxygens (including phenoxy) is 1. The minimum absolute atomic E-state index is 0.268. The van der Waals surface area contributed by atoms with Crippen molar-refractivity contribution in [3.05, 3.63) is 83.7 Å². The summed E-state index contributed by atoms with van der Waals surface area (Å²) in [5.41, 5.74) is 1.57. The van der Waals surface area contributed by atoms with Crippen LogP contribution in [-0.4, -0.2) is 31.4 Å². The summed E-state index contributed by atoms with van der Waals surface area (Å²) in [6.45, 7) is -0.289. The fourth-order valence-corrected chi connectivity index (χ4v) is 4.26. The average molecular weight is 436 g/mol. The second-order valence-corrected chi connectivity index (χ2v) is 7.80. The molecule has 0 atom stereocenters. The van der Waals surface area contributed by atoms with Gasteiger partial charge in [0.2, 0.25) is 5.91 Å². The number of halogens is 1. The van der Waals surface area contributed by atoms with E-state index in [-0.39, 0.29) is 18.0 Å². The maximum atomic E-state index is 13.3. The van der Waals surface area contributed by atoms with E-state index >= 15 is 0 Å². The van der Waals surface area contributed by atoms with Gasteiger partial charge in [0.15, 0.2) is 0 Å². The molecule has 8 heteroatoms. The molecule has 0 unspecified atom stereocenters. The Balaban J connectivity index is 1.71. The Bertz CT molecular complexity index is 1180. The molecule has 0 spiro atoms. The number of anilines is 2. The summed E-state index contributed by atoms with van der Waals surface area (Å²) in [5.74, 6) is -1.78. The predicted octanol–water partition coefficient (Wildman–Crippen LogP) is 4.36. The zero-order valence-corrected chi connectivity index (χ0v) is 17.2. The van der Waals surface area contributed by atoms with Crippen molar-refractivity contribution < 1.29 is 23.5 Å². The average Bonchev–Trinajstić information content (AvgIpc) is 2.89. The highest BCUT2D eigenvalue weighted by atomic mass is 32.2. The van der Waals surface area contributed by atoms with Crippen LogP contribution in [0.5, 0.6) is 0 Å². The normalized spacial score (nSPS) is 12.5. The SMILES string of the molecule is COC(=O)c1ccc2c(c1)N(CC(=O)Nc1ccc(F)cc1)C(=O)c1ccccc1S2. The fraction of sp³-hybridized carbons (Fsp3) is 0.0870. The number of nitrogens with one attached hydrogen (secondary N) is 1. The largest absolute Gasteiger partial charge is 0.465 e. The van der Waals surface area contributed by atoms with E-state index in [0.29, 0.717) is 16.9 Å². The third-order valence-corrected chi connectivity index (χ3v) is 5.82. The Hall–Kier alpha value is -3.65. The van der Waals surface area contributed by atoms with Gasteiger partial charge < -0.3 is 10.1 Å². The highest BCUT2D eigenvalue weighted by Gasteiger charge is 2.29. The quantitative estimate of drug-likeness (QED) is 0.615. The number of rotatable bonds is 4. The molecule has 3 aromatic rings.